The third-order valence-electron chi connectivity index (χ3n) is 3.16. The molecular weight excluding hydrogens is 341 g/mol. The number of alkyl halides is 3. The quantitative estimate of drug-likeness (QED) is 0.759. The SMILES string of the molecule is O=C(NCc1ccc(-c2cccs2)o1)c1ccc(C(F)(F)F)nc1. The molecule has 0 aliphatic carbocycles. The van der Waals surface area contributed by atoms with Crippen LogP contribution in [0.15, 0.2) is 52.4 Å². The molecule has 4 nitrogen and oxygen atoms in total. The highest BCUT2D eigenvalue weighted by Crippen LogP contribution is 2.27. The van der Waals surface area contributed by atoms with Crippen molar-refractivity contribution in [2.24, 2.45) is 0 Å². The van der Waals surface area contributed by atoms with Gasteiger partial charge < -0.3 is 9.73 Å². The van der Waals surface area contributed by atoms with Crippen molar-refractivity contribution in [3.05, 3.63) is 65.0 Å². The summed E-state index contributed by atoms with van der Waals surface area (Å²) in [6, 6.07) is 9.22. The fourth-order valence-electron chi connectivity index (χ4n) is 1.99. The number of amides is 1. The van der Waals surface area contributed by atoms with Crippen molar-refractivity contribution in [1.29, 1.82) is 0 Å². The van der Waals surface area contributed by atoms with Crippen LogP contribution in [0.3, 0.4) is 0 Å². The van der Waals surface area contributed by atoms with Crippen LogP contribution in [0.5, 0.6) is 0 Å². The summed E-state index contributed by atoms with van der Waals surface area (Å²) in [6.45, 7) is 0.130. The minimum Gasteiger partial charge on any atom is -0.458 e. The van der Waals surface area contributed by atoms with Gasteiger partial charge in [-0.15, -0.1) is 11.3 Å². The van der Waals surface area contributed by atoms with Gasteiger partial charge in [-0.2, -0.15) is 13.2 Å². The minimum absolute atomic E-state index is 0.0491. The van der Waals surface area contributed by atoms with Crippen molar-refractivity contribution < 1.29 is 22.4 Å². The molecule has 0 aliphatic rings. The summed E-state index contributed by atoms with van der Waals surface area (Å²) < 4.78 is 42.9. The molecule has 24 heavy (non-hydrogen) atoms. The molecule has 0 radical (unpaired) electrons. The van der Waals surface area contributed by atoms with Crippen LogP contribution < -0.4 is 5.32 Å². The van der Waals surface area contributed by atoms with E-state index in [0.29, 0.717) is 11.5 Å². The summed E-state index contributed by atoms with van der Waals surface area (Å²) in [7, 11) is 0. The van der Waals surface area contributed by atoms with Crippen molar-refractivity contribution >= 4 is 17.2 Å². The second-order valence-electron chi connectivity index (χ2n) is 4.86. The topological polar surface area (TPSA) is 55.1 Å². The second kappa shape index (κ2) is 6.48. The van der Waals surface area contributed by atoms with Gasteiger partial charge in [-0.05, 0) is 35.7 Å². The van der Waals surface area contributed by atoms with Crippen LogP contribution in [0.1, 0.15) is 21.8 Å². The fraction of sp³-hybridized carbons (Fsp3) is 0.125. The molecule has 3 aromatic rings. The van der Waals surface area contributed by atoms with Gasteiger partial charge in [-0.25, -0.2) is 0 Å². The third-order valence-corrected chi connectivity index (χ3v) is 4.05. The Bertz CT molecular complexity index is 824. The number of thiophene rings is 1. The van der Waals surface area contributed by atoms with Gasteiger partial charge in [-0.1, -0.05) is 6.07 Å². The summed E-state index contributed by atoms with van der Waals surface area (Å²) in [4.78, 5) is 16.2. The van der Waals surface area contributed by atoms with Crippen LogP contribution in [-0.4, -0.2) is 10.9 Å². The number of carbonyl (C=O) groups is 1. The van der Waals surface area contributed by atoms with Crippen LogP contribution in [0.25, 0.3) is 10.6 Å². The highest BCUT2D eigenvalue weighted by Gasteiger charge is 2.32. The molecule has 1 N–H and O–H groups in total. The molecule has 0 atom stereocenters. The molecule has 124 valence electrons. The predicted octanol–water partition coefficient (Wildman–Crippen LogP) is 4.35. The lowest BCUT2D eigenvalue weighted by Crippen LogP contribution is -2.23. The van der Waals surface area contributed by atoms with Crippen molar-refractivity contribution in [1.82, 2.24) is 10.3 Å². The maximum absolute atomic E-state index is 12.4. The molecule has 0 saturated heterocycles. The normalized spacial score (nSPS) is 11.5. The fourth-order valence-corrected chi connectivity index (χ4v) is 2.68. The molecule has 0 spiro atoms. The molecule has 0 aromatic carbocycles. The summed E-state index contributed by atoms with van der Waals surface area (Å²) >= 11 is 1.53. The first kappa shape index (κ1) is 16.3. The summed E-state index contributed by atoms with van der Waals surface area (Å²) in [6.07, 6.45) is -3.63. The van der Waals surface area contributed by atoms with Gasteiger partial charge in [-0.3, -0.25) is 9.78 Å². The van der Waals surface area contributed by atoms with E-state index < -0.39 is 17.8 Å². The number of nitrogens with one attached hydrogen (secondary N) is 1. The van der Waals surface area contributed by atoms with Crippen molar-refractivity contribution in [3.63, 3.8) is 0 Å². The number of hydrogen-bond acceptors (Lipinski definition) is 4. The lowest BCUT2D eigenvalue weighted by molar-refractivity contribution is -0.141. The molecule has 3 aromatic heterocycles. The standard InChI is InChI=1S/C16H11F3N2O2S/c17-16(18,19)14-6-3-10(8-20-14)15(22)21-9-11-4-5-12(23-11)13-2-1-7-24-13/h1-8H,9H2,(H,21,22). The molecule has 0 fully saturated rings. The lowest BCUT2D eigenvalue weighted by atomic mass is 10.2. The van der Waals surface area contributed by atoms with Crippen LogP contribution in [-0.2, 0) is 12.7 Å². The van der Waals surface area contributed by atoms with Crippen molar-refractivity contribution in [2.75, 3.05) is 0 Å². The van der Waals surface area contributed by atoms with Gasteiger partial charge >= 0.3 is 6.18 Å². The molecule has 0 saturated carbocycles. The van der Waals surface area contributed by atoms with E-state index in [2.05, 4.69) is 10.3 Å². The van der Waals surface area contributed by atoms with E-state index >= 15 is 0 Å². The van der Waals surface area contributed by atoms with E-state index in [9.17, 15) is 18.0 Å². The number of pyridine rings is 1. The van der Waals surface area contributed by atoms with Crippen LogP contribution >= 0.6 is 11.3 Å². The van der Waals surface area contributed by atoms with Gasteiger partial charge in [0.05, 0.1) is 17.0 Å². The Kier molecular flexibility index (Phi) is 4.39. The largest absolute Gasteiger partial charge is 0.458 e. The summed E-state index contributed by atoms with van der Waals surface area (Å²) in [5.41, 5.74) is -0.987. The van der Waals surface area contributed by atoms with Crippen LogP contribution in [0, 0.1) is 0 Å². The number of carbonyl (C=O) groups excluding carboxylic acids is 1. The Labute approximate surface area is 139 Å². The predicted molar refractivity (Wildman–Crippen MR) is 82.4 cm³/mol. The van der Waals surface area contributed by atoms with Gasteiger partial charge in [0.1, 0.15) is 17.2 Å². The lowest BCUT2D eigenvalue weighted by Gasteiger charge is -2.06. The highest BCUT2D eigenvalue weighted by atomic mass is 32.1. The zero-order valence-corrected chi connectivity index (χ0v) is 12.9. The smallest absolute Gasteiger partial charge is 0.433 e. The highest BCUT2D eigenvalue weighted by molar-refractivity contribution is 7.13. The zero-order chi connectivity index (χ0) is 17.2. The number of hydrogen-bond donors (Lipinski definition) is 1. The molecule has 0 bridgehead atoms. The number of rotatable bonds is 4. The first-order chi connectivity index (χ1) is 11.4. The summed E-state index contributed by atoms with van der Waals surface area (Å²) in [5.74, 6) is 0.724. The minimum atomic E-state index is -4.53. The first-order valence-corrected chi connectivity index (χ1v) is 7.75. The third kappa shape index (κ3) is 3.65. The number of aromatic nitrogens is 1. The Morgan fingerprint density at radius 1 is 1.21 bits per heavy atom. The van der Waals surface area contributed by atoms with Crippen LogP contribution in [0.4, 0.5) is 13.2 Å². The van der Waals surface area contributed by atoms with Crippen LogP contribution in [0.2, 0.25) is 0 Å². The molecule has 3 rings (SSSR count). The van der Waals surface area contributed by atoms with Crippen molar-refractivity contribution in [3.8, 4) is 10.6 Å². The van der Waals surface area contributed by atoms with Gasteiger partial charge in [0.25, 0.3) is 5.91 Å². The van der Waals surface area contributed by atoms with Gasteiger partial charge in [0, 0.05) is 6.20 Å². The maximum Gasteiger partial charge on any atom is 0.433 e. The zero-order valence-electron chi connectivity index (χ0n) is 12.1. The maximum atomic E-state index is 12.4. The number of halogens is 3. The first-order valence-electron chi connectivity index (χ1n) is 6.87. The van der Waals surface area contributed by atoms with E-state index in [0.717, 1.165) is 23.2 Å². The second-order valence-corrected chi connectivity index (χ2v) is 5.80. The summed E-state index contributed by atoms with van der Waals surface area (Å²) in [5, 5.41) is 4.51. The molecular formula is C16H11F3N2O2S. The van der Waals surface area contributed by atoms with E-state index in [-0.39, 0.29) is 12.1 Å². The average Bonchev–Trinajstić information content (AvgIpc) is 3.23. The number of furan rings is 1. The monoisotopic (exact) mass is 352 g/mol. The molecule has 8 heteroatoms. The molecule has 1 amide bonds. The van der Waals surface area contributed by atoms with Gasteiger partial charge in [0.2, 0.25) is 0 Å². The molecule has 0 aliphatic heterocycles. The Hall–Kier alpha value is -2.61. The van der Waals surface area contributed by atoms with E-state index in [4.69, 9.17) is 4.42 Å². The Morgan fingerprint density at radius 2 is 2.04 bits per heavy atom. The number of nitrogens with zero attached hydrogens (tertiary/aromatic N) is 1. The van der Waals surface area contributed by atoms with E-state index in [1.165, 1.54) is 11.3 Å². The van der Waals surface area contributed by atoms with Gasteiger partial charge in [0.15, 0.2) is 0 Å². The molecule has 0 unspecified atom stereocenters. The van der Waals surface area contributed by atoms with Crippen molar-refractivity contribution in [2.45, 2.75) is 12.7 Å². The van der Waals surface area contributed by atoms with E-state index in [1.807, 2.05) is 17.5 Å². The Balaban J connectivity index is 1.61. The Morgan fingerprint density at radius 3 is 2.67 bits per heavy atom. The average molecular weight is 352 g/mol. The van der Waals surface area contributed by atoms with E-state index in [1.54, 1.807) is 12.1 Å². The molecule has 3 heterocycles.